The third-order valence-electron chi connectivity index (χ3n) is 3.49. The summed E-state index contributed by atoms with van der Waals surface area (Å²) in [5, 5.41) is 8.15. The number of hydrogen-bond acceptors (Lipinski definition) is 2. The maximum absolute atomic E-state index is 4.56. The highest BCUT2D eigenvalue weighted by atomic mass is 15.3. The van der Waals surface area contributed by atoms with E-state index in [1.54, 1.807) is 0 Å². The summed E-state index contributed by atoms with van der Waals surface area (Å²) < 4.78 is 1.91. The van der Waals surface area contributed by atoms with Crippen LogP contribution in [-0.2, 0) is 13.5 Å². The van der Waals surface area contributed by atoms with Crippen molar-refractivity contribution < 1.29 is 0 Å². The highest BCUT2D eigenvalue weighted by Crippen LogP contribution is 2.27. The van der Waals surface area contributed by atoms with Gasteiger partial charge >= 0.3 is 0 Å². The van der Waals surface area contributed by atoms with Crippen LogP contribution in [0.2, 0.25) is 0 Å². The summed E-state index contributed by atoms with van der Waals surface area (Å²) in [5.41, 5.74) is 5.13. The minimum Gasteiger partial charge on any atom is -0.306 e. The molecule has 1 atom stereocenters. The van der Waals surface area contributed by atoms with Crippen LogP contribution in [0.5, 0.6) is 0 Å². The van der Waals surface area contributed by atoms with Crippen molar-refractivity contribution in [1.29, 1.82) is 0 Å². The molecule has 1 N–H and O–H groups in total. The number of rotatable bonds is 5. The van der Waals surface area contributed by atoms with Gasteiger partial charge in [0.2, 0.25) is 0 Å². The first-order valence-corrected chi connectivity index (χ1v) is 6.98. The van der Waals surface area contributed by atoms with Gasteiger partial charge in [-0.2, -0.15) is 5.10 Å². The summed E-state index contributed by atoms with van der Waals surface area (Å²) in [5.74, 6) is 0. The average Bonchev–Trinajstić information content (AvgIpc) is 2.78. The minimum atomic E-state index is 0.231. The molecular formula is C16H23N3. The molecule has 2 aromatic rings. The topological polar surface area (TPSA) is 29.9 Å². The first-order valence-electron chi connectivity index (χ1n) is 6.98. The number of nitrogens with one attached hydrogen (secondary N) is 1. The molecule has 0 saturated heterocycles. The van der Waals surface area contributed by atoms with E-state index in [9.17, 15) is 0 Å². The lowest BCUT2D eigenvalue weighted by Crippen LogP contribution is -2.23. The fraction of sp³-hybridized carbons (Fsp3) is 0.438. The first kappa shape index (κ1) is 13.8. The maximum atomic E-state index is 4.56. The molecule has 0 saturated carbocycles. The van der Waals surface area contributed by atoms with Gasteiger partial charge in [0.05, 0.1) is 11.7 Å². The van der Waals surface area contributed by atoms with E-state index in [0.717, 1.165) is 13.0 Å². The van der Waals surface area contributed by atoms with Crippen molar-refractivity contribution in [3.63, 3.8) is 0 Å². The first-order chi connectivity index (χ1) is 9.17. The van der Waals surface area contributed by atoms with Gasteiger partial charge in [-0.3, -0.25) is 4.68 Å². The molecular weight excluding hydrogens is 234 g/mol. The fourth-order valence-corrected chi connectivity index (χ4v) is 2.57. The minimum absolute atomic E-state index is 0.231. The predicted octanol–water partition coefficient (Wildman–Crippen LogP) is 2.99. The Labute approximate surface area is 115 Å². The monoisotopic (exact) mass is 257 g/mol. The second kappa shape index (κ2) is 6.02. The lowest BCUT2D eigenvalue weighted by molar-refractivity contribution is 0.622. The fourth-order valence-electron chi connectivity index (χ4n) is 2.57. The molecule has 1 aromatic carbocycles. The lowest BCUT2D eigenvalue weighted by atomic mass is 9.94. The van der Waals surface area contributed by atoms with Crippen molar-refractivity contribution in [2.45, 2.75) is 33.2 Å². The molecule has 0 amide bonds. The van der Waals surface area contributed by atoms with Crippen molar-refractivity contribution in [2.24, 2.45) is 7.05 Å². The summed E-state index contributed by atoms with van der Waals surface area (Å²) in [6.45, 7) is 7.42. The van der Waals surface area contributed by atoms with Crippen LogP contribution in [0, 0.1) is 6.92 Å². The quantitative estimate of drug-likeness (QED) is 0.892. The number of nitrogens with zero attached hydrogens (tertiary/aromatic N) is 2. The van der Waals surface area contributed by atoms with E-state index in [1.165, 1.54) is 22.4 Å². The van der Waals surface area contributed by atoms with Crippen molar-refractivity contribution in [1.82, 2.24) is 15.1 Å². The molecule has 0 bridgehead atoms. The predicted molar refractivity (Wildman–Crippen MR) is 79.3 cm³/mol. The summed E-state index contributed by atoms with van der Waals surface area (Å²) in [4.78, 5) is 0. The van der Waals surface area contributed by atoms with Crippen molar-refractivity contribution in [3.8, 4) is 0 Å². The molecule has 1 heterocycles. The Hall–Kier alpha value is -1.61. The third-order valence-corrected chi connectivity index (χ3v) is 3.49. The van der Waals surface area contributed by atoms with Gasteiger partial charge in [0.15, 0.2) is 0 Å². The standard InChI is InChI=1S/C16H23N3/c1-5-15-14(11-19(4)18-15)16(17-6-2)13-10-8-7-9-12(13)3/h7-11,16-17H,5-6H2,1-4H3. The molecule has 0 spiro atoms. The van der Waals surface area contributed by atoms with Crippen LogP contribution >= 0.6 is 0 Å². The molecule has 0 radical (unpaired) electrons. The SMILES string of the molecule is CCNC(c1ccccc1C)c1cn(C)nc1CC. The molecule has 3 nitrogen and oxygen atoms in total. The second-order valence-corrected chi connectivity index (χ2v) is 4.91. The molecule has 1 aromatic heterocycles. The molecule has 1 unspecified atom stereocenters. The molecule has 3 heteroatoms. The third kappa shape index (κ3) is 2.87. The normalized spacial score (nSPS) is 12.6. The molecule has 0 aliphatic heterocycles. The molecule has 102 valence electrons. The van der Waals surface area contributed by atoms with Crippen LogP contribution in [-0.4, -0.2) is 16.3 Å². The van der Waals surface area contributed by atoms with Crippen LogP contribution in [0.25, 0.3) is 0 Å². The van der Waals surface area contributed by atoms with Gasteiger partial charge in [-0.1, -0.05) is 38.1 Å². The van der Waals surface area contributed by atoms with E-state index < -0.39 is 0 Å². The highest BCUT2D eigenvalue weighted by Gasteiger charge is 2.19. The van der Waals surface area contributed by atoms with E-state index in [0.29, 0.717) is 0 Å². The Balaban J connectivity index is 2.48. The molecule has 2 rings (SSSR count). The zero-order valence-corrected chi connectivity index (χ0v) is 12.3. The molecule has 19 heavy (non-hydrogen) atoms. The van der Waals surface area contributed by atoms with E-state index in [4.69, 9.17) is 0 Å². The number of aryl methyl sites for hydroxylation is 3. The van der Waals surface area contributed by atoms with E-state index in [-0.39, 0.29) is 6.04 Å². The Morgan fingerprint density at radius 3 is 2.58 bits per heavy atom. The van der Waals surface area contributed by atoms with Crippen molar-refractivity contribution in [3.05, 3.63) is 52.8 Å². The van der Waals surface area contributed by atoms with E-state index >= 15 is 0 Å². The Bertz CT molecular complexity index is 543. The number of aromatic nitrogens is 2. The van der Waals surface area contributed by atoms with Gasteiger partial charge in [-0.05, 0) is 31.0 Å². The summed E-state index contributed by atoms with van der Waals surface area (Å²) in [6, 6.07) is 8.80. The highest BCUT2D eigenvalue weighted by molar-refractivity contribution is 5.37. The van der Waals surface area contributed by atoms with Gasteiger partial charge in [0.1, 0.15) is 0 Å². The Morgan fingerprint density at radius 2 is 1.95 bits per heavy atom. The van der Waals surface area contributed by atoms with Crippen LogP contribution in [0.15, 0.2) is 30.5 Å². The maximum Gasteiger partial charge on any atom is 0.0673 e. The number of benzene rings is 1. The summed E-state index contributed by atoms with van der Waals surface area (Å²) >= 11 is 0. The lowest BCUT2D eigenvalue weighted by Gasteiger charge is -2.20. The summed E-state index contributed by atoms with van der Waals surface area (Å²) in [6.07, 6.45) is 3.10. The molecule has 0 aliphatic carbocycles. The van der Waals surface area contributed by atoms with Crippen LogP contribution in [0.1, 0.15) is 42.3 Å². The van der Waals surface area contributed by atoms with Gasteiger partial charge in [0.25, 0.3) is 0 Å². The molecule has 0 fully saturated rings. The van der Waals surface area contributed by atoms with E-state index in [2.05, 4.69) is 61.6 Å². The van der Waals surface area contributed by atoms with Crippen molar-refractivity contribution in [2.75, 3.05) is 6.54 Å². The number of hydrogen-bond donors (Lipinski definition) is 1. The van der Waals surface area contributed by atoms with Gasteiger partial charge in [0, 0.05) is 18.8 Å². The largest absolute Gasteiger partial charge is 0.306 e. The second-order valence-electron chi connectivity index (χ2n) is 4.91. The Kier molecular flexibility index (Phi) is 4.38. The average molecular weight is 257 g/mol. The summed E-state index contributed by atoms with van der Waals surface area (Å²) in [7, 11) is 1.99. The van der Waals surface area contributed by atoms with Crippen LogP contribution in [0.3, 0.4) is 0 Å². The van der Waals surface area contributed by atoms with Gasteiger partial charge in [-0.15, -0.1) is 0 Å². The zero-order chi connectivity index (χ0) is 13.8. The van der Waals surface area contributed by atoms with Crippen molar-refractivity contribution >= 4 is 0 Å². The Morgan fingerprint density at radius 1 is 1.21 bits per heavy atom. The van der Waals surface area contributed by atoms with Crippen LogP contribution in [0.4, 0.5) is 0 Å². The smallest absolute Gasteiger partial charge is 0.0673 e. The van der Waals surface area contributed by atoms with Gasteiger partial charge in [-0.25, -0.2) is 0 Å². The molecule has 0 aliphatic rings. The van der Waals surface area contributed by atoms with E-state index in [1.807, 2.05) is 11.7 Å². The van der Waals surface area contributed by atoms with Gasteiger partial charge < -0.3 is 5.32 Å². The van der Waals surface area contributed by atoms with Crippen LogP contribution < -0.4 is 5.32 Å². The zero-order valence-electron chi connectivity index (χ0n) is 12.3.